The van der Waals surface area contributed by atoms with Crippen LogP contribution in [0, 0.1) is 0 Å². The number of nitrogens with one attached hydrogen (secondary N) is 1. The number of carbonyl (C=O) groups is 2. The predicted molar refractivity (Wildman–Crippen MR) is 278 cm³/mol. The average Bonchev–Trinajstić information content (AvgIpc) is 3.29. The van der Waals surface area contributed by atoms with E-state index in [1.54, 1.807) is 6.08 Å². The first-order chi connectivity index (χ1) is 31.5. The van der Waals surface area contributed by atoms with E-state index in [0.29, 0.717) is 19.4 Å². The summed E-state index contributed by atoms with van der Waals surface area (Å²) in [6.07, 6.45) is 66.9. The summed E-state index contributed by atoms with van der Waals surface area (Å²) in [6.45, 7) is 4.84. The molecule has 0 aliphatic heterocycles. The third-order valence-corrected chi connectivity index (χ3v) is 12.6. The summed E-state index contributed by atoms with van der Waals surface area (Å²) in [7, 11) is 0. The molecule has 374 valence electrons. The monoisotopic (exact) mass is 898 g/mol. The van der Waals surface area contributed by atoms with E-state index in [4.69, 9.17) is 4.74 Å². The highest BCUT2D eigenvalue weighted by Crippen LogP contribution is 2.15. The molecule has 0 aliphatic rings. The number of unbranched alkanes of at least 4 members (excludes halogenated alkanes) is 35. The van der Waals surface area contributed by atoms with Crippen LogP contribution in [0.4, 0.5) is 0 Å². The van der Waals surface area contributed by atoms with Crippen molar-refractivity contribution in [2.45, 2.75) is 296 Å². The van der Waals surface area contributed by atoms with Crippen molar-refractivity contribution in [3.8, 4) is 0 Å². The molecule has 6 nitrogen and oxygen atoms in total. The van der Waals surface area contributed by atoms with E-state index in [2.05, 4.69) is 55.6 Å². The minimum Gasteiger partial charge on any atom is -0.466 e. The van der Waals surface area contributed by atoms with E-state index in [0.717, 1.165) is 77.0 Å². The van der Waals surface area contributed by atoms with E-state index in [-0.39, 0.29) is 18.5 Å². The van der Waals surface area contributed by atoms with Crippen molar-refractivity contribution in [1.82, 2.24) is 5.32 Å². The maximum atomic E-state index is 12.4. The lowest BCUT2D eigenvalue weighted by molar-refractivity contribution is -0.143. The number of esters is 1. The minimum atomic E-state index is -0.860. The van der Waals surface area contributed by atoms with Crippen molar-refractivity contribution < 1.29 is 24.5 Å². The molecule has 3 N–H and O–H groups in total. The molecule has 64 heavy (non-hydrogen) atoms. The molecule has 0 spiro atoms. The van der Waals surface area contributed by atoms with E-state index in [9.17, 15) is 19.8 Å². The van der Waals surface area contributed by atoms with Gasteiger partial charge in [-0.2, -0.15) is 0 Å². The normalized spacial score (nSPS) is 13.0. The third kappa shape index (κ3) is 49.3. The van der Waals surface area contributed by atoms with Gasteiger partial charge >= 0.3 is 5.97 Å². The lowest BCUT2D eigenvalue weighted by Crippen LogP contribution is -2.45. The molecule has 0 saturated carbocycles. The highest BCUT2D eigenvalue weighted by atomic mass is 16.5. The van der Waals surface area contributed by atoms with Crippen LogP contribution in [0.15, 0.2) is 48.6 Å². The highest BCUT2D eigenvalue weighted by Gasteiger charge is 2.18. The Morgan fingerprint density at radius 1 is 0.438 bits per heavy atom. The standard InChI is InChI=1S/C58H107NO5/c1-3-5-7-9-11-13-15-17-19-20-23-26-30-34-38-42-46-50-56(61)55(54-60)59-57(62)51-47-43-39-35-31-27-24-21-25-29-33-37-41-45-49-53-64-58(63)52-48-44-40-36-32-28-22-18-16-14-12-10-8-6-4-2/h18,21-22,25,29,33,46,50,55-56,60-61H,3-17,19-20,23-24,26-28,30-32,34-45,47-49,51-54H2,1-2H3,(H,59,62)/b22-18-,25-21-,33-29-,50-46+. The molecule has 0 aromatic carbocycles. The first-order valence-electron chi connectivity index (χ1n) is 27.9. The van der Waals surface area contributed by atoms with Gasteiger partial charge in [-0.05, 0) is 89.9 Å². The maximum Gasteiger partial charge on any atom is 0.305 e. The summed E-state index contributed by atoms with van der Waals surface area (Å²) < 4.78 is 5.44. The molecule has 0 bridgehead atoms. The minimum absolute atomic E-state index is 0.0313. The van der Waals surface area contributed by atoms with Crippen LogP contribution in [-0.4, -0.2) is 47.4 Å². The fourth-order valence-electron chi connectivity index (χ4n) is 8.26. The number of hydrogen-bond acceptors (Lipinski definition) is 5. The zero-order chi connectivity index (χ0) is 46.5. The molecule has 0 radical (unpaired) electrons. The molecular weight excluding hydrogens is 791 g/mol. The molecule has 2 atom stereocenters. The number of ether oxygens (including phenoxy) is 1. The number of carbonyl (C=O) groups excluding carboxylic acids is 2. The quantitative estimate of drug-likeness (QED) is 0.0245. The second-order valence-electron chi connectivity index (χ2n) is 18.9. The van der Waals surface area contributed by atoms with Gasteiger partial charge in [0.25, 0.3) is 0 Å². The Morgan fingerprint density at radius 2 is 0.781 bits per heavy atom. The molecule has 0 aromatic heterocycles. The average molecular weight is 898 g/mol. The molecular formula is C58H107NO5. The predicted octanol–water partition coefficient (Wildman–Crippen LogP) is 17.0. The molecule has 0 aromatic rings. The summed E-state index contributed by atoms with van der Waals surface area (Å²) >= 11 is 0. The van der Waals surface area contributed by atoms with Crippen LogP contribution >= 0.6 is 0 Å². The summed E-state index contributed by atoms with van der Waals surface area (Å²) in [5, 5.41) is 23.1. The Bertz CT molecular complexity index is 1080. The van der Waals surface area contributed by atoms with Gasteiger partial charge in [0.1, 0.15) is 0 Å². The number of aliphatic hydroxyl groups excluding tert-OH is 2. The smallest absolute Gasteiger partial charge is 0.305 e. The van der Waals surface area contributed by atoms with E-state index < -0.39 is 12.1 Å². The Kier molecular flexibility index (Phi) is 51.6. The Morgan fingerprint density at radius 3 is 1.20 bits per heavy atom. The van der Waals surface area contributed by atoms with Gasteiger partial charge in [0.05, 0.1) is 25.4 Å². The second-order valence-corrected chi connectivity index (χ2v) is 18.9. The van der Waals surface area contributed by atoms with Gasteiger partial charge in [0.2, 0.25) is 5.91 Å². The van der Waals surface area contributed by atoms with Crippen LogP contribution in [0.1, 0.15) is 284 Å². The topological polar surface area (TPSA) is 95.9 Å². The summed E-state index contributed by atoms with van der Waals surface area (Å²) in [5.74, 6) is -0.122. The molecule has 6 heteroatoms. The first-order valence-corrected chi connectivity index (χ1v) is 27.9. The Balaban J connectivity index is 3.56. The van der Waals surface area contributed by atoms with Crippen molar-refractivity contribution in [2.24, 2.45) is 0 Å². The number of amides is 1. The third-order valence-electron chi connectivity index (χ3n) is 12.6. The Labute approximate surface area is 397 Å². The van der Waals surface area contributed by atoms with Crippen LogP contribution in [0.3, 0.4) is 0 Å². The molecule has 0 fully saturated rings. The summed E-state index contributed by atoms with van der Waals surface area (Å²) in [6, 6.07) is -0.646. The van der Waals surface area contributed by atoms with Gasteiger partial charge in [0.15, 0.2) is 0 Å². The second kappa shape index (κ2) is 53.4. The largest absolute Gasteiger partial charge is 0.466 e. The van der Waals surface area contributed by atoms with Crippen molar-refractivity contribution in [1.29, 1.82) is 0 Å². The van der Waals surface area contributed by atoms with Crippen molar-refractivity contribution in [3.63, 3.8) is 0 Å². The fourth-order valence-corrected chi connectivity index (χ4v) is 8.26. The van der Waals surface area contributed by atoms with Gasteiger partial charge in [-0.1, -0.05) is 229 Å². The SMILES string of the molecule is CCCCCCCC/C=C\CCCCCCCC(=O)OCCCCC/C=C\C=C/CCCCCCCCC(=O)NC(CO)C(O)/C=C/CCCCCCCCCCCCCCCCC. The number of rotatable bonds is 51. The number of allylic oxidation sites excluding steroid dienone is 7. The van der Waals surface area contributed by atoms with Crippen LogP contribution < -0.4 is 5.32 Å². The van der Waals surface area contributed by atoms with Gasteiger partial charge in [0, 0.05) is 12.8 Å². The van der Waals surface area contributed by atoms with Crippen molar-refractivity contribution >= 4 is 11.9 Å². The molecule has 2 unspecified atom stereocenters. The zero-order valence-corrected chi connectivity index (χ0v) is 42.5. The first kappa shape index (κ1) is 61.8. The van der Waals surface area contributed by atoms with Crippen LogP contribution in [0.25, 0.3) is 0 Å². The molecule has 0 saturated heterocycles. The van der Waals surface area contributed by atoms with Crippen LogP contribution in [0.2, 0.25) is 0 Å². The van der Waals surface area contributed by atoms with E-state index in [1.807, 2.05) is 6.08 Å². The highest BCUT2D eigenvalue weighted by molar-refractivity contribution is 5.76. The van der Waals surface area contributed by atoms with Crippen LogP contribution in [-0.2, 0) is 14.3 Å². The molecule has 1 amide bonds. The zero-order valence-electron chi connectivity index (χ0n) is 42.5. The van der Waals surface area contributed by atoms with Gasteiger partial charge in [-0.25, -0.2) is 0 Å². The molecule has 0 heterocycles. The van der Waals surface area contributed by atoms with Crippen molar-refractivity contribution in [3.05, 3.63) is 48.6 Å². The van der Waals surface area contributed by atoms with Gasteiger partial charge in [-0.3, -0.25) is 9.59 Å². The van der Waals surface area contributed by atoms with E-state index in [1.165, 1.54) is 180 Å². The number of hydrogen-bond donors (Lipinski definition) is 3. The lowest BCUT2D eigenvalue weighted by Gasteiger charge is -2.20. The van der Waals surface area contributed by atoms with E-state index >= 15 is 0 Å². The molecule has 0 rings (SSSR count). The number of aliphatic hydroxyl groups is 2. The summed E-state index contributed by atoms with van der Waals surface area (Å²) in [4.78, 5) is 24.5. The van der Waals surface area contributed by atoms with Gasteiger partial charge in [-0.15, -0.1) is 0 Å². The fraction of sp³-hybridized carbons (Fsp3) is 0.828. The van der Waals surface area contributed by atoms with Gasteiger partial charge < -0.3 is 20.3 Å². The summed E-state index contributed by atoms with van der Waals surface area (Å²) in [5.41, 5.74) is 0. The molecule has 0 aliphatic carbocycles. The lowest BCUT2D eigenvalue weighted by atomic mass is 10.0. The maximum absolute atomic E-state index is 12.4. The van der Waals surface area contributed by atoms with Crippen molar-refractivity contribution in [2.75, 3.05) is 13.2 Å². The Hall–Kier alpha value is -2.18. The van der Waals surface area contributed by atoms with Crippen LogP contribution in [0.5, 0.6) is 0 Å².